The maximum atomic E-state index is 14.0. The summed E-state index contributed by atoms with van der Waals surface area (Å²) in [4.78, 5) is 15.5. The Balaban J connectivity index is 1.58. The van der Waals surface area contributed by atoms with Crippen LogP contribution in [-0.2, 0) is 16.8 Å². The summed E-state index contributed by atoms with van der Waals surface area (Å²) >= 11 is 13.1. The van der Waals surface area contributed by atoms with Gasteiger partial charge in [-0.05, 0) is 31.2 Å². The minimum absolute atomic E-state index is 0.0779. The van der Waals surface area contributed by atoms with E-state index < -0.39 is 11.6 Å². The number of nitrogens with zero attached hydrogens (tertiary/aromatic N) is 4. The number of pyridine rings is 1. The van der Waals surface area contributed by atoms with E-state index in [9.17, 15) is 8.78 Å². The Bertz CT molecular complexity index is 1340. The highest BCUT2D eigenvalue weighted by Gasteiger charge is 2.23. The van der Waals surface area contributed by atoms with Gasteiger partial charge in [0.25, 0.3) is 0 Å². The number of rotatable bonds is 5. The van der Waals surface area contributed by atoms with Crippen molar-refractivity contribution in [3.8, 4) is 11.4 Å². The van der Waals surface area contributed by atoms with Crippen molar-refractivity contribution in [1.29, 1.82) is 0 Å². The normalized spacial score (nSPS) is 14.3. The summed E-state index contributed by atoms with van der Waals surface area (Å²) in [5, 5.41) is 0.874. The molecule has 182 valence electrons. The number of halogens is 4. The first-order valence-corrected chi connectivity index (χ1v) is 11.7. The van der Waals surface area contributed by atoms with Gasteiger partial charge in [0.05, 0.1) is 33.7 Å². The molecule has 5 nitrogen and oxygen atoms in total. The minimum Gasteiger partial charge on any atom is -0.487 e. The first-order chi connectivity index (χ1) is 16.5. The largest absolute Gasteiger partial charge is 0.487 e. The Labute approximate surface area is 213 Å². The molecule has 0 saturated carbocycles. The molecule has 0 fully saturated rings. The van der Waals surface area contributed by atoms with E-state index in [0.717, 1.165) is 11.8 Å². The lowest BCUT2D eigenvalue weighted by atomic mass is 9.95. The number of allylic oxidation sites excluding steroid dienone is 2. The third-order valence-electron chi connectivity index (χ3n) is 5.44. The fourth-order valence-corrected chi connectivity index (χ4v) is 3.95. The fraction of sp³-hybridized carbons (Fsp3) is 0.269. The molecular weight excluding hydrogens is 493 g/mol. The van der Waals surface area contributed by atoms with E-state index in [2.05, 4.69) is 15.0 Å². The van der Waals surface area contributed by atoms with Crippen LogP contribution in [0.25, 0.3) is 11.4 Å². The van der Waals surface area contributed by atoms with Crippen LogP contribution in [0.1, 0.15) is 39.1 Å². The van der Waals surface area contributed by atoms with Crippen LogP contribution in [0.15, 0.2) is 65.3 Å². The summed E-state index contributed by atoms with van der Waals surface area (Å²) in [6, 6.07) is 7.03. The highest BCUT2D eigenvalue weighted by Crippen LogP contribution is 2.35. The van der Waals surface area contributed by atoms with E-state index in [0.29, 0.717) is 45.3 Å². The topological polar surface area (TPSA) is 51.1 Å². The number of ether oxygens (including phenoxy) is 1. The molecule has 1 aromatic carbocycles. The van der Waals surface area contributed by atoms with Crippen LogP contribution >= 0.6 is 23.2 Å². The SMILES string of the molecule is CC1=CC(OCc2ccc(F)cc2F)=C(Cl)CN1c1cc(-c2ccnc(C(C)(C)C)n2)ncc1Cl. The number of benzene rings is 1. The van der Waals surface area contributed by atoms with Crippen LogP contribution < -0.4 is 4.90 Å². The van der Waals surface area contributed by atoms with Gasteiger partial charge in [0, 0.05) is 41.2 Å². The Morgan fingerprint density at radius 1 is 1.06 bits per heavy atom. The Morgan fingerprint density at radius 3 is 2.54 bits per heavy atom. The molecule has 35 heavy (non-hydrogen) atoms. The van der Waals surface area contributed by atoms with E-state index in [-0.39, 0.29) is 17.6 Å². The number of aromatic nitrogens is 3. The van der Waals surface area contributed by atoms with Crippen molar-refractivity contribution in [3.63, 3.8) is 0 Å². The van der Waals surface area contributed by atoms with Crippen LogP contribution in [0.5, 0.6) is 0 Å². The van der Waals surface area contributed by atoms with Crippen molar-refractivity contribution >= 4 is 28.9 Å². The van der Waals surface area contributed by atoms with E-state index in [1.54, 1.807) is 18.5 Å². The second-order valence-corrected chi connectivity index (χ2v) is 10.1. The maximum Gasteiger partial charge on any atom is 0.137 e. The Kier molecular flexibility index (Phi) is 7.10. The van der Waals surface area contributed by atoms with Gasteiger partial charge in [0.15, 0.2) is 0 Å². The molecule has 0 N–H and O–H groups in total. The monoisotopic (exact) mass is 516 g/mol. The molecule has 4 rings (SSSR count). The van der Waals surface area contributed by atoms with E-state index in [4.69, 9.17) is 27.9 Å². The van der Waals surface area contributed by atoms with Crippen LogP contribution in [0.2, 0.25) is 5.02 Å². The summed E-state index contributed by atoms with van der Waals surface area (Å²) in [6.07, 6.45) is 5.06. The highest BCUT2D eigenvalue weighted by molar-refractivity contribution is 6.33. The summed E-state index contributed by atoms with van der Waals surface area (Å²) in [5.41, 5.74) is 2.90. The van der Waals surface area contributed by atoms with E-state index >= 15 is 0 Å². The Hall–Kier alpha value is -3.03. The average Bonchev–Trinajstić information content (AvgIpc) is 2.80. The van der Waals surface area contributed by atoms with Gasteiger partial charge in [-0.3, -0.25) is 4.98 Å². The van der Waals surface area contributed by atoms with Crippen molar-refractivity contribution < 1.29 is 13.5 Å². The van der Waals surface area contributed by atoms with Crippen LogP contribution in [0, 0.1) is 11.6 Å². The van der Waals surface area contributed by atoms with Crippen molar-refractivity contribution in [3.05, 3.63) is 93.3 Å². The third-order valence-corrected chi connectivity index (χ3v) is 6.04. The van der Waals surface area contributed by atoms with Gasteiger partial charge in [0.1, 0.15) is 29.8 Å². The maximum absolute atomic E-state index is 14.0. The lowest BCUT2D eigenvalue weighted by Gasteiger charge is -2.30. The lowest BCUT2D eigenvalue weighted by molar-refractivity contribution is 0.204. The van der Waals surface area contributed by atoms with Crippen LogP contribution in [0.4, 0.5) is 14.5 Å². The minimum atomic E-state index is -0.671. The molecule has 0 radical (unpaired) electrons. The van der Waals surface area contributed by atoms with Gasteiger partial charge in [-0.2, -0.15) is 0 Å². The molecule has 9 heteroatoms. The zero-order valence-electron chi connectivity index (χ0n) is 19.7. The molecule has 2 aromatic heterocycles. The summed E-state index contributed by atoms with van der Waals surface area (Å²) in [6.45, 7) is 8.26. The third kappa shape index (κ3) is 5.63. The first-order valence-electron chi connectivity index (χ1n) is 10.9. The van der Waals surface area contributed by atoms with Crippen molar-refractivity contribution in [2.45, 2.75) is 39.7 Å². The standard InChI is InChI=1S/C26H24Cl2F2N4O/c1-15-9-24(35-14-16-5-6-17(29)10-20(16)30)19(28)13-34(15)23-11-22(32-12-18(23)27)21-7-8-31-25(33-21)26(2,3)4/h5-12H,13-14H2,1-4H3. The molecule has 0 amide bonds. The zero-order chi connectivity index (χ0) is 25.3. The van der Waals surface area contributed by atoms with Crippen LogP contribution in [0.3, 0.4) is 0 Å². The molecule has 0 spiro atoms. The molecule has 1 aliphatic rings. The Morgan fingerprint density at radius 2 is 1.83 bits per heavy atom. The van der Waals surface area contributed by atoms with Gasteiger partial charge in [-0.1, -0.05) is 44.0 Å². The second-order valence-electron chi connectivity index (χ2n) is 9.20. The van der Waals surface area contributed by atoms with Gasteiger partial charge in [-0.15, -0.1) is 0 Å². The van der Waals surface area contributed by atoms with Gasteiger partial charge in [-0.25, -0.2) is 18.7 Å². The molecule has 0 unspecified atom stereocenters. The molecule has 0 aliphatic carbocycles. The van der Waals surface area contributed by atoms with E-state index in [1.807, 2.05) is 44.7 Å². The predicted octanol–water partition coefficient (Wildman–Crippen LogP) is 7.16. The zero-order valence-corrected chi connectivity index (χ0v) is 21.3. The number of hydrogen-bond donors (Lipinski definition) is 0. The first kappa shape index (κ1) is 25.1. The second kappa shape index (κ2) is 9.91. The molecule has 3 aromatic rings. The predicted molar refractivity (Wildman–Crippen MR) is 134 cm³/mol. The molecule has 0 atom stereocenters. The van der Waals surface area contributed by atoms with Crippen LogP contribution in [-0.4, -0.2) is 21.5 Å². The lowest BCUT2D eigenvalue weighted by Crippen LogP contribution is -2.27. The van der Waals surface area contributed by atoms with Gasteiger partial charge >= 0.3 is 0 Å². The van der Waals surface area contributed by atoms with Crippen molar-refractivity contribution in [1.82, 2.24) is 15.0 Å². The molecule has 0 bridgehead atoms. The van der Waals surface area contributed by atoms with Gasteiger partial charge in [0.2, 0.25) is 0 Å². The quantitative estimate of drug-likeness (QED) is 0.360. The van der Waals surface area contributed by atoms with Crippen molar-refractivity contribution in [2.75, 3.05) is 11.4 Å². The highest BCUT2D eigenvalue weighted by atomic mass is 35.5. The van der Waals surface area contributed by atoms with Gasteiger partial charge < -0.3 is 9.64 Å². The average molecular weight is 517 g/mol. The molecule has 3 heterocycles. The van der Waals surface area contributed by atoms with E-state index in [1.165, 1.54) is 12.1 Å². The number of hydrogen-bond acceptors (Lipinski definition) is 5. The smallest absolute Gasteiger partial charge is 0.137 e. The fourth-order valence-electron chi connectivity index (χ4n) is 3.51. The van der Waals surface area contributed by atoms with Crippen molar-refractivity contribution in [2.24, 2.45) is 0 Å². The molecule has 0 saturated heterocycles. The summed E-state index contributed by atoms with van der Waals surface area (Å²) in [5.74, 6) is -0.180. The number of anilines is 1. The summed E-state index contributed by atoms with van der Waals surface area (Å²) in [7, 11) is 0. The molecular formula is C26H24Cl2F2N4O. The summed E-state index contributed by atoms with van der Waals surface area (Å²) < 4.78 is 32.8. The molecule has 1 aliphatic heterocycles.